The molecule has 2 rings (SSSR count). The van der Waals surface area contributed by atoms with E-state index in [0.29, 0.717) is 6.42 Å². The summed E-state index contributed by atoms with van der Waals surface area (Å²) < 4.78 is 22.0. The van der Waals surface area contributed by atoms with Crippen molar-refractivity contribution in [2.45, 2.75) is 18.6 Å². The van der Waals surface area contributed by atoms with Gasteiger partial charge >= 0.3 is 0 Å². The summed E-state index contributed by atoms with van der Waals surface area (Å²) in [5.74, 6) is -1.14. The van der Waals surface area contributed by atoms with Crippen molar-refractivity contribution >= 4 is 15.7 Å². The van der Waals surface area contributed by atoms with Crippen LogP contribution < -0.4 is 5.32 Å². The van der Waals surface area contributed by atoms with E-state index in [0.717, 1.165) is 17.4 Å². The summed E-state index contributed by atoms with van der Waals surface area (Å²) in [7, 11) is -3.35. The molecule has 1 aromatic carbocycles. The van der Waals surface area contributed by atoms with Gasteiger partial charge in [-0.1, -0.05) is 24.3 Å². The van der Waals surface area contributed by atoms with Crippen LogP contribution in [-0.4, -0.2) is 37.5 Å². The number of aliphatic hydroxyl groups is 1. The fourth-order valence-corrected chi connectivity index (χ4v) is 2.76. The Bertz CT molecular complexity index is 567. The van der Waals surface area contributed by atoms with Crippen LogP contribution in [0.15, 0.2) is 24.3 Å². The maximum absolute atomic E-state index is 11.6. The van der Waals surface area contributed by atoms with Crippen molar-refractivity contribution in [2.24, 2.45) is 0 Å². The average molecular weight is 269 g/mol. The highest BCUT2D eigenvalue weighted by Crippen LogP contribution is 2.31. The number of sulfone groups is 1. The maximum Gasteiger partial charge on any atom is 0.235 e. The zero-order valence-electron chi connectivity index (χ0n) is 9.96. The molecule has 0 aliphatic heterocycles. The predicted molar refractivity (Wildman–Crippen MR) is 66.7 cm³/mol. The lowest BCUT2D eigenvalue weighted by Gasteiger charge is -2.17. The van der Waals surface area contributed by atoms with Gasteiger partial charge in [0.1, 0.15) is 5.75 Å². The number of aliphatic hydroxyl groups excluding tert-OH is 1. The molecule has 5 nitrogen and oxygen atoms in total. The molecule has 0 fully saturated rings. The number of hydrogen-bond donors (Lipinski definition) is 2. The van der Waals surface area contributed by atoms with Crippen LogP contribution in [0.2, 0.25) is 0 Å². The zero-order chi connectivity index (χ0) is 13.3. The number of benzene rings is 1. The van der Waals surface area contributed by atoms with Gasteiger partial charge in [-0.25, -0.2) is 8.42 Å². The maximum atomic E-state index is 11.6. The third-order valence-electron chi connectivity index (χ3n) is 2.91. The number of hydrogen-bond acceptors (Lipinski definition) is 4. The fourth-order valence-electron chi connectivity index (χ4n) is 2.20. The minimum absolute atomic E-state index is 0.472. The van der Waals surface area contributed by atoms with E-state index in [1.54, 1.807) is 0 Å². The van der Waals surface area contributed by atoms with Gasteiger partial charge in [0.15, 0.2) is 9.84 Å². The molecule has 0 aromatic heterocycles. The van der Waals surface area contributed by atoms with E-state index >= 15 is 0 Å². The molecule has 0 spiro atoms. The lowest BCUT2D eigenvalue weighted by Crippen LogP contribution is -2.37. The van der Waals surface area contributed by atoms with Gasteiger partial charge in [0.2, 0.25) is 5.91 Å². The molecule has 1 amide bonds. The SMILES string of the molecule is CS(=O)(=O)CC(=O)N[C@@H]1c2ccccc2C[C@@H]1O. The largest absolute Gasteiger partial charge is 0.390 e. The predicted octanol–water partition coefficient (Wildman–Crippen LogP) is -0.195. The van der Waals surface area contributed by atoms with Gasteiger partial charge in [-0.15, -0.1) is 0 Å². The molecular weight excluding hydrogens is 254 g/mol. The van der Waals surface area contributed by atoms with Gasteiger partial charge in [0, 0.05) is 12.7 Å². The molecule has 0 saturated carbocycles. The first kappa shape index (κ1) is 13.0. The van der Waals surface area contributed by atoms with Crippen LogP contribution >= 0.6 is 0 Å². The van der Waals surface area contributed by atoms with Gasteiger partial charge in [0.25, 0.3) is 0 Å². The minimum Gasteiger partial charge on any atom is -0.390 e. The Kier molecular flexibility index (Phi) is 3.41. The second-order valence-electron chi connectivity index (χ2n) is 4.59. The topological polar surface area (TPSA) is 83.5 Å². The number of fused-ring (bicyclic) bond motifs is 1. The Labute approximate surface area is 106 Å². The van der Waals surface area contributed by atoms with Crippen molar-refractivity contribution in [1.29, 1.82) is 0 Å². The number of carbonyl (C=O) groups excluding carboxylic acids is 1. The Hall–Kier alpha value is -1.40. The van der Waals surface area contributed by atoms with Crippen molar-refractivity contribution in [3.05, 3.63) is 35.4 Å². The first-order valence-corrected chi connectivity index (χ1v) is 7.66. The molecular formula is C12H15NO4S. The van der Waals surface area contributed by atoms with Gasteiger partial charge in [-0.3, -0.25) is 4.79 Å². The molecule has 18 heavy (non-hydrogen) atoms. The minimum atomic E-state index is -3.35. The summed E-state index contributed by atoms with van der Waals surface area (Å²) in [5.41, 5.74) is 1.83. The van der Waals surface area contributed by atoms with Crippen molar-refractivity contribution in [3.63, 3.8) is 0 Å². The van der Waals surface area contributed by atoms with Crippen LogP contribution in [0.25, 0.3) is 0 Å². The molecule has 1 aromatic rings. The Morgan fingerprint density at radius 2 is 2.11 bits per heavy atom. The van der Waals surface area contributed by atoms with Crippen molar-refractivity contribution in [1.82, 2.24) is 5.32 Å². The van der Waals surface area contributed by atoms with Gasteiger partial charge in [0.05, 0.1) is 12.1 Å². The smallest absolute Gasteiger partial charge is 0.235 e. The second kappa shape index (κ2) is 4.70. The number of nitrogens with one attached hydrogen (secondary N) is 1. The standard InChI is InChI=1S/C12H15NO4S/c1-18(16,17)7-11(15)13-12-9-5-3-2-4-8(9)6-10(12)14/h2-5,10,12,14H,6-7H2,1H3,(H,13,15)/t10-,12+/m0/s1. The van der Waals surface area contributed by atoms with E-state index < -0.39 is 33.6 Å². The molecule has 6 heteroatoms. The lowest BCUT2D eigenvalue weighted by molar-refractivity contribution is -0.120. The second-order valence-corrected chi connectivity index (χ2v) is 6.73. The van der Waals surface area contributed by atoms with Crippen LogP contribution in [0.1, 0.15) is 17.2 Å². The first-order chi connectivity index (χ1) is 8.37. The third-order valence-corrected chi connectivity index (χ3v) is 3.70. The van der Waals surface area contributed by atoms with E-state index in [-0.39, 0.29) is 0 Å². The normalized spacial score (nSPS) is 22.6. The lowest BCUT2D eigenvalue weighted by atomic mass is 10.1. The van der Waals surface area contributed by atoms with E-state index in [2.05, 4.69) is 5.32 Å². The molecule has 0 radical (unpaired) electrons. The average Bonchev–Trinajstić information content (AvgIpc) is 2.53. The van der Waals surface area contributed by atoms with E-state index in [4.69, 9.17) is 0 Å². The summed E-state index contributed by atoms with van der Waals surface area (Å²) in [6.45, 7) is 0. The molecule has 0 heterocycles. The number of carbonyl (C=O) groups is 1. The molecule has 1 aliphatic rings. The summed E-state index contributed by atoms with van der Waals surface area (Å²) >= 11 is 0. The Balaban J connectivity index is 2.13. The van der Waals surface area contributed by atoms with Crippen molar-refractivity contribution < 1.29 is 18.3 Å². The van der Waals surface area contributed by atoms with Crippen molar-refractivity contribution in [3.8, 4) is 0 Å². The molecule has 2 N–H and O–H groups in total. The third kappa shape index (κ3) is 2.88. The zero-order valence-corrected chi connectivity index (χ0v) is 10.8. The highest BCUT2D eigenvalue weighted by Gasteiger charge is 2.32. The Morgan fingerprint density at radius 3 is 2.78 bits per heavy atom. The Morgan fingerprint density at radius 1 is 1.44 bits per heavy atom. The summed E-state index contributed by atoms with van der Waals surface area (Å²) in [6, 6.07) is 6.90. The monoisotopic (exact) mass is 269 g/mol. The highest BCUT2D eigenvalue weighted by atomic mass is 32.2. The van der Waals surface area contributed by atoms with E-state index in [9.17, 15) is 18.3 Å². The molecule has 2 atom stereocenters. The van der Waals surface area contributed by atoms with Crippen LogP contribution in [-0.2, 0) is 21.1 Å². The number of amides is 1. The van der Waals surface area contributed by atoms with Crippen LogP contribution in [0, 0.1) is 0 Å². The summed E-state index contributed by atoms with van der Waals surface area (Å²) in [5, 5.41) is 12.5. The van der Waals surface area contributed by atoms with E-state index in [1.807, 2.05) is 24.3 Å². The summed E-state index contributed by atoms with van der Waals surface area (Å²) in [4.78, 5) is 11.6. The fraction of sp³-hybridized carbons (Fsp3) is 0.417. The van der Waals surface area contributed by atoms with E-state index in [1.165, 1.54) is 0 Å². The molecule has 0 saturated heterocycles. The van der Waals surface area contributed by atoms with Crippen LogP contribution in [0.3, 0.4) is 0 Å². The highest BCUT2D eigenvalue weighted by molar-refractivity contribution is 7.91. The summed E-state index contributed by atoms with van der Waals surface area (Å²) in [6.07, 6.45) is 0.775. The van der Waals surface area contributed by atoms with Gasteiger partial charge in [-0.05, 0) is 11.1 Å². The van der Waals surface area contributed by atoms with Gasteiger partial charge in [-0.2, -0.15) is 0 Å². The van der Waals surface area contributed by atoms with Crippen LogP contribution in [0.4, 0.5) is 0 Å². The molecule has 98 valence electrons. The van der Waals surface area contributed by atoms with Gasteiger partial charge < -0.3 is 10.4 Å². The molecule has 0 bridgehead atoms. The first-order valence-electron chi connectivity index (χ1n) is 5.60. The van der Waals surface area contributed by atoms with Crippen molar-refractivity contribution in [2.75, 3.05) is 12.0 Å². The van der Waals surface area contributed by atoms with Crippen LogP contribution in [0.5, 0.6) is 0 Å². The quantitative estimate of drug-likeness (QED) is 0.796. The molecule has 1 aliphatic carbocycles. The molecule has 0 unspecified atom stereocenters. The number of rotatable bonds is 3.